The summed E-state index contributed by atoms with van der Waals surface area (Å²) in [6.45, 7) is 0.925. The van der Waals surface area contributed by atoms with Crippen molar-refractivity contribution in [3.63, 3.8) is 0 Å². The molecule has 132 valence electrons. The predicted molar refractivity (Wildman–Crippen MR) is 87.2 cm³/mol. The second-order valence-electron chi connectivity index (χ2n) is 5.91. The smallest absolute Gasteiger partial charge is 0.306 e. The number of H-pyrrole nitrogens is 1. The highest BCUT2D eigenvalue weighted by Gasteiger charge is 2.26. The quantitative estimate of drug-likeness (QED) is 0.620. The number of hydrogen-bond acceptors (Lipinski definition) is 5. The Kier molecular flexibility index (Phi) is 4.66. The number of nitrogens with zero attached hydrogens (tertiary/aromatic N) is 2. The van der Waals surface area contributed by atoms with Crippen LogP contribution in [0.2, 0.25) is 0 Å². The Morgan fingerprint density at radius 3 is 2.96 bits per heavy atom. The van der Waals surface area contributed by atoms with Crippen LogP contribution < -0.4 is 0 Å². The molecule has 2 N–H and O–H groups in total. The number of morpholine rings is 1. The first kappa shape index (κ1) is 16.9. The molecule has 1 saturated heterocycles. The van der Waals surface area contributed by atoms with Gasteiger partial charge in [-0.1, -0.05) is 0 Å². The first-order chi connectivity index (χ1) is 11.9. The van der Waals surface area contributed by atoms with Gasteiger partial charge in [0.1, 0.15) is 0 Å². The molecule has 1 aromatic carbocycles. The fraction of sp³-hybridized carbons (Fsp3) is 0.375. The molecule has 0 aliphatic carbocycles. The summed E-state index contributed by atoms with van der Waals surface area (Å²) in [5.41, 5.74) is 1.36. The van der Waals surface area contributed by atoms with Crippen molar-refractivity contribution in [1.29, 1.82) is 0 Å². The van der Waals surface area contributed by atoms with Gasteiger partial charge in [-0.15, -0.1) is 0 Å². The zero-order valence-electron chi connectivity index (χ0n) is 13.3. The minimum atomic E-state index is -0.969. The molecule has 2 heterocycles. The average Bonchev–Trinajstić information content (AvgIpc) is 2.96. The molecule has 0 spiro atoms. The van der Waals surface area contributed by atoms with Crippen LogP contribution in [0, 0.1) is 10.1 Å². The molecule has 2 aromatic rings. The van der Waals surface area contributed by atoms with Gasteiger partial charge in [0.2, 0.25) is 5.91 Å². The van der Waals surface area contributed by atoms with Crippen molar-refractivity contribution in [2.75, 3.05) is 19.7 Å². The summed E-state index contributed by atoms with van der Waals surface area (Å²) >= 11 is 0. The zero-order chi connectivity index (χ0) is 18.0. The maximum Gasteiger partial charge on any atom is 0.306 e. The number of carbonyl (C=O) groups excluding carboxylic acids is 1. The lowest BCUT2D eigenvalue weighted by atomic mass is 10.1. The van der Waals surface area contributed by atoms with Crippen molar-refractivity contribution < 1.29 is 24.4 Å². The Morgan fingerprint density at radius 1 is 1.44 bits per heavy atom. The monoisotopic (exact) mass is 347 g/mol. The van der Waals surface area contributed by atoms with Gasteiger partial charge in [-0.05, 0) is 11.6 Å². The third kappa shape index (κ3) is 3.77. The van der Waals surface area contributed by atoms with Crippen molar-refractivity contribution in [2.24, 2.45) is 0 Å². The second-order valence-corrected chi connectivity index (χ2v) is 5.91. The molecule has 1 unspecified atom stereocenters. The summed E-state index contributed by atoms with van der Waals surface area (Å²) in [4.78, 5) is 38.4. The number of nitrogens with one attached hydrogen (secondary N) is 1. The Labute approximate surface area is 142 Å². The lowest BCUT2D eigenvalue weighted by Gasteiger charge is -2.32. The summed E-state index contributed by atoms with van der Waals surface area (Å²) < 4.78 is 5.36. The van der Waals surface area contributed by atoms with Gasteiger partial charge in [0.05, 0.1) is 30.5 Å². The number of amides is 1. The SMILES string of the molecule is O=C(O)CC1CN(C(=O)Cc2c[nH]c3ccc([N+](=O)[O-])cc23)CCO1. The Morgan fingerprint density at radius 2 is 2.24 bits per heavy atom. The van der Waals surface area contributed by atoms with E-state index < -0.39 is 17.0 Å². The number of rotatable bonds is 5. The molecular formula is C16H17N3O6. The molecule has 1 aliphatic heterocycles. The molecule has 1 aliphatic rings. The van der Waals surface area contributed by atoms with Gasteiger partial charge in [0.25, 0.3) is 5.69 Å². The van der Waals surface area contributed by atoms with Crippen molar-refractivity contribution in [1.82, 2.24) is 9.88 Å². The van der Waals surface area contributed by atoms with E-state index in [1.54, 1.807) is 17.2 Å². The number of nitro benzene ring substituents is 1. The van der Waals surface area contributed by atoms with E-state index in [2.05, 4.69) is 4.98 Å². The largest absolute Gasteiger partial charge is 0.481 e. The number of fused-ring (bicyclic) bond motifs is 1. The summed E-state index contributed by atoms with van der Waals surface area (Å²) in [5, 5.41) is 20.4. The number of aromatic nitrogens is 1. The highest BCUT2D eigenvalue weighted by molar-refractivity contribution is 5.90. The Balaban J connectivity index is 1.74. The van der Waals surface area contributed by atoms with Gasteiger partial charge < -0.3 is 19.7 Å². The van der Waals surface area contributed by atoms with Gasteiger partial charge in [-0.3, -0.25) is 19.7 Å². The van der Waals surface area contributed by atoms with Gasteiger partial charge in [0, 0.05) is 42.3 Å². The van der Waals surface area contributed by atoms with Crippen LogP contribution in [-0.2, 0) is 20.7 Å². The Bertz CT molecular complexity index is 830. The highest BCUT2D eigenvalue weighted by Crippen LogP contribution is 2.24. The number of non-ortho nitro benzene ring substituents is 1. The minimum Gasteiger partial charge on any atom is -0.481 e. The summed E-state index contributed by atoms with van der Waals surface area (Å²) in [6, 6.07) is 4.46. The zero-order valence-corrected chi connectivity index (χ0v) is 13.3. The van der Waals surface area contributed by atoms with Crippen molar-refractivity contribution in [3.8, 4) is 0 Å². The van der Waals surface area contributed by atoms with Gasteiger partial charge in [-0.2, -0.15) is 0 Å². The van der Waals surface area contributed by atoms with Crippen molar-refractivity contribution in [2.45, 2.75) is 18.9 Å². The molecule has 0 radical (unpaired) electrons. The molecule has 0 saturated carbocycles. The first-order valence-electron chi connectivity index (χ1n) is 7.79. The lowest BCUT2D eigenvalue weighted by molar-refractivity contribution is -0.384. The van der Waals surface area contributed by atoms with E-state index in [-0.39, 0.29) is 31.0 Å². The van der Waals surface area contributed by atoms with E-state index in [4.69, 9.17) is 9.84 Å². The van der Waals surface area contributed by atoms with Crippen molar-refractivity contribution in [3.05, 3.63) is 40.1 Å². The fourth-order valence-electron chi connectivity index (χ4n) is 2.97. The van der Waals surface area contributed by atoms with Crippen LogP contribution in [0.15, 0.2) is 24.4 Å². The molecule has 1 amide bonds. The number of aromatic amines is 1. The molecule has 1 atom stereocenters. The summed E-state index contributed by atoms with van der Waals surface area (Å²) in [6.07, 6.45) is 1.09. The molecule has 9 nitrogen and oxygen atoms in total. The maximum absolute atomic E-state index is 12.5. The van der Waals surface area contributed by atoms with Gasteiger partial charge in [-0.25, -0.2) is 0 Å². The number of aliphatic carboxylic acids is 1. The van der Waals surface area contributed by atoms with E-state index in [1.807, 2.05) is 0 Å². The van der Waals surface area contributed by atoms with Crippen LogP contribution in [0.3, 0.4) is 0 Å². The molecule has 3 rings (SSSR count). The third-order valence-electron chi connectivity index (χ3n) is 4.20. The number of carboxylic acid groups (broad SMARTS) is 1. The van der Waals surface area contributed by atoms with Gasteiger partial charge >= 0.3 is 5.97 Å². The van der Waals surface area contributed by atoms with Crippen LogP contribution in [0.4, 0.5) is 5.69 Å². The molecule has 9 heteroatoms. The van der Waals surface area contributed by atoms with Crippen LogP contribution in [0.5, 0.6) is 0 Å². The summed E-state index contributed by atoms with van der Waals surface area (Å²) in [5.74, 6) is -1.13. The highest BCUT2D eigenvalue weighted by atomic mass is 16.6. The minimum absolute atomic E-state index is 0.0336. The number of carbonyl (C=O) groups is 2. The van der Waals surface area contributed by atoms with Crippen molar-refractivity contribution >= 4 is 28.5 Å². The second kappa shape index (κ2) is 6.89. The van der Waals surface area contributed by atoms with Crippen LogP contribution in [-0.4, -0.2) is 57.6 Å². The van der Waals surface area contributed by atoms with Crippen LogP contribution in [0.25, 0.3) is 10.9 Å². The fourth-order valence-corrected chi connectivity index (χ4v) is 2.97. The number of hydrogen-bond donors (Lipinski definition) is 2. The van der Waals surface area contributed by atoms with E-state index in [0.29, 0.717) is 24.1 Å². The van der Waals surface area contributed by atoms with E-state index in [1.165, 1.54) is 12.1 Å². The normalized spacial score (nSPS) is 17.6. The number of nitro groups is 1. The number of benzene rings is 1. The molecule has 1 fully saturated rings. The van der Waals surface area contributed by atoms with Gasteiger partial charge in [0.15, 0.2) is 0 Å². The summed E-state index contributed by atoms with van der Waals surface area (Å²) in [7, 11) is 0. The number of ether oxygens (including phenoxy) is 1. The van der Waals surface area contributed by atoms with E-state index >= 15 is 0 Å². The van der Waals surface area contributed by atoms with E-state index in [9.17, 15) is 19.7 Å². The van der Waals surface area contributed by atoms with E-state index in [0.717, 1.165) is 5.52 Å². The maximum atomic E-state index is 12.5. The Hall–Kier alpha value is -2.94. The topological polar surface area (TPSA) is 126 Å². The first-order valence-corrected chi connectivity index (χ1v) is 7.79. The standard InChI is InChI=1S/C16H17N3O6/c20-15(18-3-4-25-12(9-18)7-16(21)22)5-10-8-17-14-2-1-11(19(23)24)6-13(10)14/h1-2,6,8,12,17H,3-5,7,9H2,(H,21,22). The molecule has 25 heavy (non-hydrogen) atoms. The number of carboxylic acids is 1. The molecule has 0 bridgehead atoms. The van der Waals surface area contributed by atoms with Crippen LogP contribution in [0.1, 0.15) is 12.0 Å². The predicted octanol–water partition coefficient (Wildman–Crippen LogP) is 1.32. The molecule has 1 aromatic heterocycles. The molecular weight excluding hydrogens is 330 g/mol. The lowest BCUT2D eigenvalue weighted by Crippen LogP contribution is -2.46. The van der Waals surface area contributed by atoms with Crippen LogP contribution >= 0.6 is 0 Å². The average molecular weight is 347 g/mol. The third-order valence-corrected chi connectivity index (χ3v) is 4.20.